The van der Waals surface area contributed by atoms with Crippen LogP contribution in [0.15, 0.2) is 18.2 Å². The molecule has 0 spiro atoms. The Morgan fingerprint density at radius 1 is 1.42 bits per heavy atom. The van der Waals surface area contributed by atoms with Crippen LogP contribution in [0.3, 0.4) is 0 Å². The van der Waals surface area contributed by atoms with Gasteiger partial charge in [0, 0.05) is 30.1 Å². The van der Waals surface area contributed by atoms with Crippen molar-refractivity contribution in [3.05, 3.63) is 33.8 Å². The topological polar surface area (TPSA) is 72.9 Å². The van der Waals surface area contributed by atoms with Gasteiger partial charge in [0.25, 0.3) is 0 Å². The molecule has 1 atom stereocenters. The zero-order chi connectivity index (χ0) is 19.1. The number of carbonyl (C=O) groups is 2. The number of hydrogen-bond donors (Lipinski definition) is 2. The minimum atomic E-state index is -1.06. The zero-order valence-electron chi connectivity index (χ0n) is 14.8. The SMILES string of the molecule is CNN(C(=O)O)C(CC=O)C1CCN(CCc2ccc(Cl)cc2Cl)CC1. The standard InChI is InChI=1S/C18H25Cl2N3O3/c1-21-23(18(25)26)17(7-11-24)14-5-9-22(10-6-14)8-4-13-2-3-15(19)12-16(13)20/h2-3,11-12,14,17,21H,4-10H2,1H3,(H,25,26). The lowest BCUT2D eigenvalue weighted by atomic mass is 9.87. The first-order valence-electron chi connectivity index (χ1n) is 8.75. The van der Waals surface area contributed by atoms with Crippen molar-refractivity contribution in [3.63, 3.8) is 0 Å². The number of rotatable bonds is 8. The molecule has 2 N–H and O–H groups in total. The van der Waals surface area contributed by atoms with E-state index in [9.17, 15) is 14.7 Å². The van der Waals surface area contributed by atoms with E-state index in [1.807, 2.05) is 12.1 Å². The number of hydrazine groups is 1. The number of carboxylic acid groups (broad SMARTS) is 1. The Balaban J connectivity index is 1.88. The van der Waals surface area contributed by atoms with E-state index in [-0.39, 0.29) is 18.4 Å². The van der Waals surface area contributed by atoms with Crippen LogP contribution in [-0.4, -0.2) is 60.1 Å². The Labute approximate surface area is 164 Å². The van der Waals surface area contributed by atoms with Gasteiger partial charge in [0.2, 0.25) is 0 Å². The predicted octanol–water partition coefficient (Wildman–Crippen LogP) is 3.32. The van der Waals surface area contributed by atoms with Crippen LogP contribution in [-0.2, 0) is 11.2 Å². The molecular formula is C18H25Cl2N3O3. The van der Waals surface area contributed by atoms with Crippen LogP contribution in [0.2, 0.25) is 10.0 Å². The van der Waals surface area contributed by atoms with Crippen molar-refractivity contribution >= 4 is 35.6 Å². The molecule has 144 valence electrons. The van der Waals surface area contributed by atoms with E-state index in [0.29, 0.717) is 10.0 Å². The lowest BCUT2D eigenvalue weighted by Crippen LogP contribution is -2.52. The number of nitrogens with zero attached hydrogens (tertiary/aromatic N) is 2. The van der Waals surface area contributed by atoms with Gasteiger partial charge in [-0.3, -0.25) is 0 Å². The maximum atomic E-state index is 11.4. The number of likely N-dealkylation sites (tertiary alicyclic amines) is 1. The molecular weight excluding hydrogens is 377 g/mol. The van der Waals surface area contributed by atoms with Gasteiger partial charge in [0.1, 0.15) is 6.29 Å². The number of benzene rings is 1. The van der Waals surface area contributed by atoms with Gasteiger partial charge in [-0.1, -0.05) is 29.3 Å². The summed E-state index contributed by atoms with van der Waals surface area (Å²) >= 11 is 12.1. The first-order chi connectivity index (χ1) is 12.5. The van der Waals surface area contributed by atoms with Gasteiger partial charge in [-0.05, 0) is 56.0 Å². The molecule has 1 aliphatic heterocycles. The van der Waals surface area contributed by atoms with E-state index in [1.165, 1.54) is 0 Å². The monoisotopic (exact) mass is 401 g/mol. The molecule has 6 nitrogen and oxygen atoms in total. The highest BCUT2D eigenvalue weighted by molar-refractivity contribution is 6.35. The average molecular weight is 402 g/mol. The summed E-state index contributed by atoms with van der Waals surface area (Å²) in [5.74, 6) is 0.166. The Morgan fingerprint density at radius 3 is 2.65 bits per heavy atom. The molecule has 1 amide bonds. The van der Waals surface area contributed by atoms with Gasteiger partial charge in [0.15, 0.2) is 0 Å². The summed E-state index contributed by atoms with van der Waals surface area (Å²) in [6, 6.07) is 5.22. The quantitative estimate of drug-likeness (QED) is 0.516. The van der Waals surface area contributed by atoms with Gasteiger partial charge in [-0.25, -0.2) is 15.2 Å². The molecule has 1 saturated heterocycles. The van der Waals surface area contributed by atoms with Crippen molar-refractivity contribution in [1.82, 2.24) is 15.3 Å². The maximum Gasteiger partial charge on any atom is 0.422 e. The second-order valence-electron chi connectivity index (χ2n) is 6.51. The second kappa shape index (κ2) is 10.1. The highest BCUT2D eigenvalue weighted by Crippen LogP contribution is 2.26. The van der Waals surface area contributed by atoms with E-state index in [0.717, 1.165) is 55.8 Å². The minimum Gasteiger partial charge on any atom is -0.464 e. The van der Waals surface area contributed by atoms with Crippen LogP contribution in [0.25, 0.3) is 0 Å². The highest BCUT2D eigenvalue weighted by atomic mass is 35.5. The summed E-state index contributed by atoms with van der Waals surface area (Å²) in [4.78, 5) is 24.7. The second-order valence-corrected chi connectivity index (χ2v) is 7.35. The number of amides is 1. The van der Waals surface area contributed by atoms with Gasteiger partial charge >= 0.3 is 6.09 Å². The molecule has 0 aliphatic carbocycles. The van der Waals surface area contributed by atoms with E-state index >= 15 is 0 Å². The fraction of sp³-hybridized carbons (Fsp3) is 0.556. The Morgan fingerprint density at radius 2 is 2.12 bits per heavy atom. The minimum absolute atomic E-state index is 0.166. The van der Waals surface area contributed by atoms with Gasteiger partial charge in [-0.2, -0.15) is 0 Å². The highest BCUT2D eigenvalue weighted by Gasteiger charge is 2.32. The molecule has 1 aromatic carbocycles. The number of aldehydes is 1. The molecule has 0 saturated carbocycles. The molecule has 0 bridgehead atoms. The van der Waals surface area contributed by atoms with Crippen LogP contribution < -0.4 is 5.43 Å². The van der Waals surface area contributed by atoms with E-state index in [1.54, 1.807) is 13.1 Å². The summed E-state index contributed by atoms with van der Waals surface area (Å²) in [6.45, 7) is 2.64. The van der Waals surface area contributed by atoms with Crippen LogP contribution in [0, 0.1) is 5.92 Å². The van der Waals surface area contributed by atoms with Crippen molar-refractivity contribution in [2.45, 2.75) is 31.7 Å². The van der Waals surface area contributed by atoms with Crippen molar-refractivity contribution in [3.8, 4) is 0 Å². The van der Waals surface area contributed by atoms with Crippen molar-refractivity contribution < 1.29 is 14.7 Å². The number of nitrogens with one attached hydrogen (secondary N) is 1. The maximum absolute atomic E-state index is 11.4. The molecule has 1 aromatic rings. The van der Waals surface area contributed by atoms with Gasteiger partial charge < -0.3 is 14.8 Å². The largest absolute Gasteiger partial charge is 0.464 e. The van der Waals surface area contributed by atoms with Gasteiger partial charge in [-0.15, -0.1) is 0 Å². The summed E-state index contributed by atoms with van der Waals surface area (Å²) < 4.78 is 0. The van der Waals surface area contributed by atoms with E-state index in [2.05, 4.69) is 10.3 Å². The van der Waals surface area contributed by atoms with Crippen LogP contribution in [0.4, 0.5) is 4.79 Å². The molecule has 8 heteroatoms. The van der Waals surface area contributed by atoms with Gasteiger partial charge in [0.05, 0.1) is 6.04 Å². The Hall–Kier alpha value is -1.34. The first-order valence-corrected chi connectivity index (χ1v) is 9.51. The summed E-state index contributed by atoms with van der Waals surface area (Å²) in [7, 11) is 1.57. The summed E-state index contributed by atoms with van der Waals surface area (Å²) in [5, 5.41) is 11.8. The normalized spacial score (nSPS) is 17.0. The van der Waals surface area contributed by atoms with Crippen molar-refractivity contribution in [1.29, 1.82) is 0 Å². The number of piperidine rings is 1. The molecule has 1 fully saturated rings. The molecule has 1 heterocycles. The predicted molar refractivity (Wildman–Crippen MR) is 103 cm³/mol. The molecule has 1 unspecified atom stereocenters. The lowest BCUT2D eigenvalue weighted by molar-refractivity contribution is -0.109. The number of hydrogen-bond acceptors (Lipinski definition) is 4. The van der Waals surface area contributed by atoms with Crippen molar-refractivity contribution in [2.75, 3.05) is 26.7 Å². The molecule has 1 aliphatic rings. The summed E-state index contributed by atoms with van der Waals surface area (Å²) in [6.07, 6.45) is 2.51. The molecule has 0 radical (unpaired) electrons. The van der Waals surface area contributed by atoms with Crippen LogP contribution >= 0.6 is 23.2 Å². The first kappa shape index (κ1) is 21.0. The van der Waals surface area contributed by atoms with E-state index < -0.39 is 6.09 Å². The third kappa shape index (κ3) is 5.58. The third-order valence-corrected chi connectivity index (χ3v) is 5.59. The zero-order valence-corrected chi connectivity index (χ0v) is 16.3. The fourth-order valence-electron chi connectivity index (χ4n) is 3.57. The summed E-state index contributed by atoms with van der Waals surface area (Å²) in [5.41, 5.74) is 3.76. The van der Waals surface area contributed by atoms with Crippen LogP contribution in [0.5, 0.6) is 0 Å². The van der Waals surface area contributed by atoms with Crippen molar-refractivity contribution in [2.24, 2.45) is 5.92 Å². The third-order valence-electron chi connectivity index (χ3n) is 5.01. The Kier molecular flexibility index (Phi) is 8.15. The lowest BCUT2D eigenvalue weighted by Gasteiger charge is -2.39. The average Bonchev–Trinajstić information content (AvgIpc) is 2.61. The Bertz CT molecular complexity index is 622. The molecule has 26 heavy (non-hydrogen) atoms. The van der Waals surface area contributed by atoms with E-state index in [4.69, 9.17) is 23.2 Å². The molecule has 2 rings (SSSR count). The van der Waals surface area contributed by atoms with Crippen LogP contribution in [0.1, 0.15) is 24.8 Å². The molecule has 0 aromatic heterocycles. The smallest absolute Gasteiger partial charge is 0.422 e. The number of carbonyl (C=O) groups excluding carboxylic acids is 1. The fourth-order valence-corrected chi connectivity index (χ4v) is 4.08. The number of halogens is 2.